The van der Waals surface area contributed by atoms with Crippen molar-refractivity contribution in [1.82, 2.24) is 0 Å². The number of nitrogens with zero attached hydrogens (tertiary/aromatic N) is 1. The second-order valence-corrected chi connectivity index (χ2v) is 6.91. The molecule has 160 valence electrons. The van der Waals surface area contributed by atoms with Gasteiger partial charge in [-0.2, -0.15) is 5.26 Å². The smallest absolute Gasteiger partial charge is 0.337 e. The van der Waals surface area contributed by atoms with Gasteiger partial charge in [-0.25, -0.2) is 4.79 Å². The number of hydrogen-bond donors (Lipinski definition) is 1. The average Bonchev–Trinajstić information content (AvgIpc) is 2.77. The van der Waals surface area contributed by atoms with E-state index in [1.54, 1.807) is 30.3 Å². The van der Waals surface area contributed by atoms with Gasteiger partial charge in [0, 0.05) is 5.69 Å². The number of rotatable bonds is 9. The van der Waals surface area contributed by atoms with Crippen LogP contribution in [0.2, 0.25) is 0 Å². The van der Waals surface area contributed by atoms with E-state index in [1.165, 1.54) is 25.3 Å². The van der Waals surface area contributed by atoms with Crippen molar-refractivity contribution in [3.63, 3.8) is 0 Å². The minimum atomic E-state index is -0.589. The van der Waals surface area contributed by atoms with Gasteiger partial charge in [-0.3, -0.25) is 4.79 Å². The van der Waals surface area contributed by atoms with E-state index in [9.17, 15) is 14.9 Å². The monoisotopic (exact) mass is 484 g/mol. The highest BCUT2D eigenvalue weighted by Crippen LogP contribution is 2.37. The normalized spacial score (nSPS) is 10.6. The lowest BCUT2D eigenvalue weighted by atomic mass is 10.1. The number of esters is 1. The summed E-state index contributed by atoms with van der Waals surface area (Å²) < 4.78 is 16.5. The van der Waals surface area contributed by atoms with Crippen molar-refractivity contribution in [3.05, 3.63) is 70.2 Å². The largest absolute Gasteiger partial charge is 0.490 e. The number of hydrogen-bond acceptors (Lipinski definition) is 6. The van der Waals surface area contributed by atoms with Crippen molar-refractivity contribution in [2.24, 2.45) is 0 Å². The van der Waals surface area contributed by atoms with Crippen LogP contribution in [0.3, 0.4) is 0 Å². The maximum absolute atomic E-state index is 12.6. The molecule has 8 heteroatoms. The van der Waals surface area contributed by atoms with Gasteiger partial charge < -0.3 is 19.5 Å². The molecule has 2 aromatic rings. The Morgan fingerprint density at radius 1 is 1.23 bits per heavy atom. The molecule has 0 aliphatic rings. The Hall–Kier alpha value is -3.57. The number of methoxy groups -OCH3 is 1. The summed E-state index contributed by atoms with van der Waals surface area (Å²) in [5.41, 5.74) is 1.26. The lowest BCUT2D eigenvalue weighted by Crippen LogP contribution is -2.13. The summed E-state index contributed by atoms with van der Waals surface area (Å²) in [6.45, 7) is 6.18. The summed E-state index contributed by atoms with van der Waals surface area (Å²) in [5, 5.41) is 12.1. The van der Waals surface area contributed by atoms with Crippen molar-refractivity contribution < 1.29 is 23.8 Å². The third-order valence-corrected chi connectivity index (χ3v) is 4.51. The molecule has 0 heterocycles. The minimum Gasteiger partial charge on any atom is -0.490 e. The van der Waals surface area contributed by atoms with Crippen LogP contribution >= 0.6 is 15.9 Å². The number of nitriles is 1. The summed E-state index contributed by atoms with van der Waals surface area (Å²) in [6.07, 6.45) is 3.06. The Balaban J connectivity index is 2.27. The van der Waals surface area contributed by atoms with Crippen LogP contribution < -0.4 is 14.8 Å². The first-order chi connectivity index (χ1) is 14.9. The maximum atomic E-state index is 12.6. The van der Waals surface area contributed by atoms with Gasteiger partial charge in [0.2, 0.25) is 0 Å². The van der Waals surface area contributed by atoms with Crippen LogP contribution in [0.25, 0.3) is 6.08 Å². The summed E-state index contributed by atoms with van der Waals surface area (Å²) in [7, 11) is 1.29. The average molecular weight is 485 g/mol. The molecule has 0 spiro atoms. The quantitative estimate of drug-likeness (QED) is 0.238. The Kier molecular flexibility index (Phi) is 8.85. The molecule has 0 saturated carbocycles. The maximum Gasteiger partial charge on any atom is 0.337 e. The van der Waals surface area contributed by atoms with Gasteiger partial charge in [0.15, 0.2) is 11.5 Å². The Labute approximate surface area is 189 Å². The molecule has 0 unspecified atom stereocenters. The number of halogens is 1. The molecular formula is C23H21BrN2O5. The van der Waals surface area contributed by atoms with Crippen LogP contribution in [0.1, 0.15) is 22.8 Å². The molecule has 0 aliphatic carbocycles. The lowest BCUT2D eigenvalue weighted by molar-refractivity contribution is -0.112. The molecule has 0 saturated heterocycles. The highest BCUT2D eigenvalue weighted by atomic mass is 79.9. The van der Waals surface area contributed by atoms with E-state index >= 15 is 0 Å². The first kappa shape index (κ1) is 23.7. The van der Waals surface area contributed by atoms with E-state index in [0.717, 1.165) is 0 Å². The summed E-state index contributed by atoms with van der Waals surface area (Å²) in [5.74, 6) is -0.0882. The molecule has 0 aromatic heterocycles. The van der Waals surface area contributed by atoms with Gasteiger partial charge in [-0.1, -0.05) is 12.7 Å². The number of amides is 1. The van der Waals surface area contributed by atoms with E-state index in [1.807, 2.05) is 13.0 Å². The molecule has 1 N–H and O–H groups in total. The van der Waals surface area contributed by atoms with Crippen molar-refractivity contribution >= 4 is 39.6 Å². The van der Waals surface area contributed by atoms with E-state index in [-0.39, 0.29) is 5.57 Å². The predicted octanol–water partition coefficient (Wildman–Crippen LogP) is 4.74. The predicted molar refractivity (Wildman–Crippen MR) is 121 cm³/mol. The van der Waals surface area contributed by atoms with Crippen molar-refractivity contribution in [2.45, 2.75) is 6.92 Å². The van der Waals surface area contributed by atoms with Crippen LogP contribution in [0.5, 0.6) is 11.5 Å². The highest BCUT2D eigenvalue weighted by molar-refractivity contribution is 9.10. The lowest BCUT2D eigenvalue weighted by Gasteiger charge is -2.14. The van der Waals surface area contributed by atoms with Crippen LogP contribution in [0, 0.1) is 11.3 Å². The van der Waals surface area contributed by atoms with E-state index in [4.69, 9.17) is 9.47 Å². The molecular weight excluding hydrogens is 464 g/mol. The SMILES string of the molecule is C=CCOc1c(Br)cc(/C=C(\C#N)C(=O)Nc2ccc(C(=O)OC)cc2)cc1OCC. The molecule has 0 bridgehead atoms. The van der Waals surface area contributed by atoms with E-state index in [2.05, 4.69) is 32.6 Å². The van der Waals surface area contributed by atoms with Crippen LogP contribution in [-0.4, -0.2) is 32.2 Å². The number of anilines is 1. The third-order valence-electron chi connectivity index (χ3n) is 3.92. The van der Waals surface area contributed by atoms with E-state index in [0.29, 0.717) is 46.0 Å². The third kappa shape index (κ3) is 6.46. The topological polar surface area (TPSA) is 97.7 Å². The molecule has 7 nitrogen and oxygen atoms in total. The Morgan fingerprint density at radius 2 is 1.94 bits per heavy atom. The van der Waals surface area contributed by atoms with Crippen molar-refractivity contribution in [2.75, 3.05) is 25.6 Å². The molecule has 0 aliphatic heterocycles. The van der Waals surface area contributed by atoms with Crippen molar-refractivity contribution in [3.8, 4) is 17.6 Å². The van der Waals surface area contributed by atoms with Crippen LogP contribution in [0.4, 0.5) is 5.69 Å². The zero-order valence-electron chi connectivity index (χ0n) is 17.1. The molecule has 2 aromatic carbocycles. The van der Waals surface area contributed by atoms with Gasteiger partial charge in [0.05, 0.1) is 23.8 Å². The number of ether oxygens (including phenoxy) is 3. The number of nitrogens with one attached hydrogen (secondary N) is 1. The van der Waals surface area contributed by atoms with Gasteiger partial charge in [-0.05, 0) is 70.9 Å². The first-order valence-electron chi connectivity index (χ1n) is 9.25. The fourth-order valence-electron chi connectivity index (χ4n) is 2.54. The summed E-state index contributed by atoms with van der Waals surface area (Å²) in [4.78, 5) is 24.1. The Bertz CT molecular complexity index is 1040. The van der Waals surface area contributed by atoms with Crippen molar-refractivity contribution in [1.29, 1.82) is 5.26 Å². The molecule has 2 rings (SSSR count). The summed E-state index contributed by atoms with van der Waals surface area (Å²) >= 11 is 3.44. The zero-order chi connectivity index (χ0) is 22.8. The number of benzene rings is 2. The van der Waals surface area contributed by atoms with Crippen LogP contribution in [-0.2, 0) is 9.53 Å². The van der Waals surface area contributed by atoms with E-state index < -0.39 is 11.9 Å². The standard InChI is InChI=1S/C23H21BrN2O5/c1-4-10-31-21-19(24)12-15(13-20(21)30-5-2)11-17(14-25)22(27)26-18-8-6-16(7-9-18)23(28)29-3/h4,6-9,11-13H,1,5,10H2,2-3H3,(H,26,27)/b17-11+. The van der Waals surface area contributed by atoms with Crippen LogP contribution in [0.15, 0.2) is 59.1 Å². The molecule has 0 atom stereocenters. The zero-order valence-corrected chi connectivity index (χ0v) is 18.7. The minimum absolute atomic E-state index is 0.105. The molecule has 0 radical (unpaired) electrons. The molecule has 0 fully saturated rings. The van der Waals surface area contributed by atoms with Gasteiger partial charge in [0.1, 0.15) is 18.2 Å². The first-order valence-corrected chi connectivity index (χ1v) is 10.0. The second-order valence-electron chi connectivity index (χ2n) is 6.06. The number of carbonyl (C=O) groups excluding carboxylic acids is 2. The fraction of sp³-hybridized carbons (Fsp3) is 0.174. The molecule has 31 heavy (non-hydrogen) atoms. The van der Waals surface area contributed by atoms with Gasteiger partial charge >= 0.3 is 5.97 Å². The summed E-state index contributed by atoms with van der Waals surface area (Å²) in [6, 6.07) is 11.4. The highest BCUT2D eigenvalue weighted by Gasteiger charge is 2.14. The second kappa shape index (κ2) is 11.6. The molecule has 1 amide bonds. The number of carbonyl (C=O) groups is 2. The van der Waals surface area contributed by atoms with Gasteiger partial charge in [-0.15, -0.1) is 0 Å². The Morgan fingerprint density at radius 3 is 2.52 bits per heavy atom. The fourth-order valence-corrected chi connectivity index (χ4v) is 3.11. The van der Waals surface area contributed by atoms with Gasteiger partial charge in [0.25, 0.3) is 5.91 Å².